The first-order valence-corrected chi connectivity index (χ1v) is 12.8. The molecule has 0 unspecified atom stereocenters. The maximum Gasteiger partial charge on any atom is 0.231 e. The van der Waals surface area contributed by atoms with Crippen LogP contribution in [0.15, 0.2) is 72.8 Å². The lowest BCUT2D eigenvalue weighted by molar-refractivity contribution is 0.171. The van der Waals surface area contributed by atoms with Crippen LogP contribution in [0.5, 0.6) is 46.0 Å². The van der Waals surface area contributed by atoms with Crippen molar-refractivity contribution in [3.63, 3.8) is 0 Å². The highest BCUT2D eigenvalue weighted by atomic mass is 16.7. The van der Waals surface area contributed by atoms with Gasteiger partial charge in [-0.15, -0.1) is 0 Å². The number of rotatable bonds is 11. The van der Waals surface area contributed by atoms with Crippen LogP contribution < -0.4 is 28.4 Å². The van der Waals surface area contributed by atoms with Crippen molar-refractivity contribution in [2.24, 2.45) is 0 Å². The van der Waals surface area contributed by atoms with Crippen molar-refractivity contribution >= 4 is 0 Å². The van der Waals surface area contributed by atoms with Gasteiger partial charge in [-0.05, 0) is 96.5 Å². The van der Waals surface area contributed by atoms with E-state index in [2.05, 4.69) is 18.2 Å². The van der Waals surface area contributed by atoms with Crippen molar-refractivity contribution in [1.82, 2.24) is 0 Å². The van der Waals surface area contributed by atoms with Gasteiger partial charge in [0.15, 0.2) is 23.0 Å². The predicted octanol–water partition coefficient (Wildman–Crippen LogP) is 6.51. The van der Waals surface area contributed by atoms with E-state index >= 15 is 0 Å². The number of hydrogen-bond acceptors (Lipinski definition) is 7. The third kappa shape index (κ3) is 6.14. The lowest BCUT2D eigenvalue weighted by Crippen LogP contribution is -1.97. The average Bonchev–Trinajstić information content (AvgIpc) is 3.44. The van der Waals surface area contributed by atoms with Gasteiger partial charge in [0.25, 0.3) is 0 Å². The van der Waals surface area contributed by atoms with Gasteiger partial charge < -0.3 is 33.5 Å². The number of phenols is 1. The highest BCUT2D eigenvalue weighted by molar-refractivity contribution is 5.56. The lowest BCUT2D eigenvalue weighted by atomic mass is 10.0. The number of benzene rings is 4. The van der Waals surface area contributed by atoms with Gasteiger partial charge >= 0.3 is 0 Å². The fraction of sp³-hybridized carbons (Fsp3) is 0.250. The van der Waals surface area contributed by atoms with Crippen molar-refractivity contribution in [2.45, 2.75) is 25.7 Å². The first kappa shape index (κ1) is 26.1. The molecular formula is C32H32O7. The standard InChI is InChI=1S/C32H32O7/c1-34-25-8-4-6-21(14-25)10-11-22-7-5-9-26(15-22)39-30-19-23(16-27(33)31(30)36-3)12-13-24-17-28(35-2)32-29(18-24)37-20-38-32/h4-9,14-19,33H,10-13,20H2,1-3H3. The Hall–Kier alpha value is -4.52. The van der Waals surface area contributed by atoms with Gasteiger partial charge in [-0.1, -0.05) is 24.3 Å². The molecule has 1 heterocycles. The largest absolute Gasteiger partial charge is 0.504 e. The molecule has 0 aromatic heterocycles. The van der Waals surface area contributed by atoms with Crippen molar-refractivity contribution < 1.29 is 33.5 Å². The van der Waals surface area contributed by atoms with Crippen LogP contribution in [-0.2, 0) is 25.7 Å². The van der Waals surface area contributed by atoms with Gasteiger partial charge in [-0.3, -0.25) is 0 Å². The Morgan fingerprint density at radius 1 is 0.641 bits per heavy atom. The molecular weight excluding hydrogens is 496 g/mol. The molecule has 39 heavy (non-hydrogen) atoms. The highest BCUT2D eigenvalue weighted by Gasteiger charge is 2.20. The summed E-state index contributed by atoms with van der Waals surface area (Å²) < 4.78 is 33.5. The number of hydrogen-bond donors (Lipinski definition) is 1. The van der Waals surface area contributed by atoms with E-state index in [4.69, 9.17) is 28.4 Å². The summed E-state index contributed by atoms with van der Waals surface area (Å²) in [6.45, 7) is 0.185. The molecule has 4 aromatic rings. The van der Waals surface area contributed by atoms with Crippen LogP contribution in [0, 0.1) is 0 Å². The van der Waals surface area contributed by atoms with Crippen molar-refractivity contribution in [1.29, 1.82) is 0 Å². The highest BCUT2D eigenvalue weighted by Crippen LogP contribution is 2.43. The zero-order valence-electron chi connectivity index (χ0n) is 22.4. The fourth-order valence-corrected chi connectivity index (χ4v) is 4.69. The molecule has 0 radical (unpaired) electrons. The minimum atomic E-state index is 0.0300. The van der Waals surface area contributed by atoms with Crippen LogP contribution in [0.2, 0.25) is 0 Å². The topological polar surface area (TPSA) is 75.6 Å². The molecule has 1 N–H and O–H groups in total. The minimum Gasteiger partial charge on any atom is -0.504 e. The Morgan fingerprint density at radius 2 is 1.28 bits per heavy atom. The van der Waals surface area contributed by atoms with Crippen molar-refractivity contribution in [3.05, 3.63) is 95.1 Å². The van der Waals surface area contributed by atoms with E-state index in [1.165, 1.54) is 12.7 Å². The summed E-state index contributed by atoms with van der Waals surface area (Å²) in [5.74, 6) is 4.27. The van der Waals surface area contributed by atoms with E-state index in [0.29, 0.717) is 47.3 Å². The number of phenolic OH excluding ortho intramolecular Hbond substituents is 1. The Kier molecular flexibility index (Phi) is 7.96. The molecule has 0 saturated carbocycles. The van der Waals surface area contributed by atoms with Gasteiger partial charge in [0.2, 0.25) is 18.3 Å². The SMILES string of the molecule is COc1cccc(CCc2cccc(Oc3cc(CCc4cc(OC)c5c(c4)OCO5)cc(O)c3OC)c2)c1. The molecule has 0 fully saturated rings. The Labute approximate surface area is 228 Å². The number of methoxy groups -OCH3 is 3. The van der Waals surface area contributed by atoms with E-state index in [1.54, 1.807) is 20.3 Å². The van der Waals surface area contributed by atoms with E-state index in [9.17, 15) is 5.11 Å². The minimum absolute atomic E-state index is 0.0300. The van der Waals surface area contributed by atoms with Crippen LogP contribution in [0.4, 0.5) is 0 Å². The molecule has 202 valence electrons. The smallest absolute Gasteiger partial charge is 0.231 e. The number of ether oxygens (including phenoxy) is 6. The summed E-state index contributed by atoms with van der Waals surface area (Å²) in [7, 11) is 4.81. The van der Waals surface area contributed by atoms with Crippen LogP contribution in [0.3, 0.4) is 0 Å². The summed E-state index contributed by atoms with van der Waals surface area (Å²) in [6, 6.07) is 23.6. The van der Waals surface area contributed by atoms with Gasteiger partial charge in [0, 0.05) is 0 Å². The second kappa shape index (κ2) is 11.9. The summed E-state index contributed by atoms with van der Waals surface area (Å²) >= 11 is 0. The van der Waals surface area contributed by atoms with Gasteiger partial charge in [0.1, 0.15) is 11.5 Å². The van der Waals surface area contributed by atoms with Gasteiger partial charge in [-0.2, -0.15) is 0 Å². The molecule has 0 spiro atoms. The predicted molar refractivity (Wildman–Crippen MR) is 148 cm³/mol. The Balaban J connectivity index is 1.30. The molecule has 0 bridgehead atoms. The molecule has 0 atom stereocenters. The molecule has 1 aliphatic heterocycles. The van der Waals surface area contributed by atoms with Crippen molar-refractivity contribution in [3.8, 4) is 46.0 Å². The number of aryl methyl sites for hydroxylation is 4. The van der Waals surface area contributed by atoms with Gasteiger partial charge in [0.05, 0.1) is 21.3 Å². The molecule has 0 saturated heterocycles. The first-order valence-electron chi connectivity index (χ1n) is 12.8. The van der Waals surface area contributed by atoms with Gasteiger partial charge in [-0.25, -0.2) is 0 Å². The maximum atomic E-state index is 10.7. The van der Waals surface area contributed by atoms with Crippen LogP contribution >= 0.6 is 0 Å². The molecule has 7 heteroatoms. The summed E-state index contributed by atoms with van der Waals surface area (Å²) in [4.78, 5) is 0. The second-order valence-electron chi connectivity index (χ2n) is 9.28. The lowest BCUT2D eigenvalue weighted by Gasteiger charge is -2.15. The molecule has 1 aliphatic rings. The number of fused-ring (bicyclic) bond motifs is 1. The van der Waals surface area contributed by atoms with E-state index in [1.807, 2.05) is 48.5 Å². The quantitative estimate of drug-likeness (QED) is 0.238. The summed E-state index contributed by atoms with van der Waals surface area (Å²) in [6.07, 6.45) is 3.10. The third-order valence-electron chi connectivity index (χ3n) is 6.68. The van der Waals surface area contributed by atoms with E-state index in [-0.39, 0.29) is 12.5 Å². The summed E-state index contributed by atoms with van der Waals surface area (Å²) in [5.41, 5.74) is 4.30. The molecule has 7 nitrogen and oxygen atoms in total. The van der Waals surface area contributed by atoms with E-state index < -0.39 is 0 Å². The van der Waals surface area contributed by atoms with Crippen LogP contribution in [0.1, 0.15) is 22.3 Å². The number of aromatic hydroxyl groups is 1. The fourth-order valence-electron chi connectivity index (χ4n) is 4.69. The monoisotopic (exact) mass is 528 g/mol. The van der Waals surface area contributed by atoms with Crippen molar-refractivity contribution in [2.75, 3.05) is 28.1 Å². The average molecular weight is 529 g/mol. The Morgan fingerprint density at radius 3 is 1.97 bits per heavy atom. The zero-order valence-corrected chi connectivity index (χ0v) is 22.4. The zero-order chi connectivity index (χ0) is 27.2. The molecule has 0 amide bonds. The first-order chi connectivity index (χ1) is 19.1. The maximum absolute atomic E-state index is 10.7. The van der Waals surface area contributed by atoms with E-state index in [0.717, 1.165) is 35.3 Å². The molecule has 4 aromatic carbocycles. The Bertz CT molecular complexity index is 1450. The third-order valence-corrected chi connectivity index (χ3v) is 6.68. The summed E-state index contributed by atoms with van der Waals surface area (Å²) in [5, 5.41) is 10.7. The second-order valence-corrected chi connectivity index (χ2v) is 9.28. The molecule has 0 aliphatic carbocycles. The van der Waals surface area contributed by atoms with Crippen LogP contribution in [0.25, 0.3) is 0 Å². The normalized spacial score (nSPS) is 11.8. The molecule has 5 rings (SSSR count). The van der Waals surface area contributed by atoms with Crippen LogP contribution in [-0.4, -0.2) is 33.2 Å².